The molecule has 8 heteroatoms. The lowest BCUT2D eigenvalue weighted by atomic mass is 9.87. The first-order valence-corrected chi connectivity index (χ1v) is 13.9. The minimum atomic E-state index is -0.272. The van der Waals surface area contributed by atoms with Gasteiger partial charge in [0.25, 0.3) is 0 Å². The number of hydrogen-bond acceptors (Lipinski definition) is 5. The van der Waals surface area contributed by atoms with E-state index >= 15 is 0 Å². The fourth-order valence-corrected chi connectivity index (χ4v) is 5.79. The average Bonchev–Trinajstić information content (AvgIpc) is 3.04. The highest BCUT2D eigenvalue weighted by molar-refractivity contribution is 5.91. The molecule has 0 unspecified atom stereocenters. The lowest BCUT2D eigenvalue weighted by Gasteiger charge is -2.25. The zero-order valence-electron chi connectivity index (χ0n) is 22.4. The van der Waals surface area contributed by atoms with Crippen molar-refractivity contribution in [3.05, 3.63) is 41.6 Å². The van der Waals surface area contributed by atoms with Gasteiger partial charge in [0.1, 0.15) is 17.5 Å². The van der Waals surface area contributed by atoms with E-state index in [4.69, 9.17) is 15.1 Å². The van der Waals surface area contributed by atoms with E-state index in [0.29, 0.717) is 24.8 Å². The highest BCUT2D eigenvalue weighted by atomic mass is 19.1. The van der Waals surface area contributed by atoms with Gasteiger partial charge < -0.3 is 9.80 Å². The summed E-state index contributed by atoms with van der Waals surface area (Å²) in [7, 11) is 0. The molecule has 0 bridgehead atoms. The van der Waals surface area contributed by atoms with Crippen LogP contribution in [-0.2, 0) is 11.2 Å². The first-order valence-electron chi connectivity index (χ1n) is 13.9. The van der Waals surface area contributed by atoms with Crippen LogP contribution in [0, 0.1) is 24.6 Å². The van der Waals surface area contributed by atoms with E-state index in [1.807, 2.05) is 16.5 Å². The van der Waals surface area contributed by atoms with Crippen molar-refractivity contribution in [3.63, 3.8) is 0 Å². The molecule has 3 aromatic rings. The Kier molecular flexibility index (Phi) is 7.72. The third-order valence-electron chi connectivity index (χ3n) is 7.73. The van der Waals surface area contributed by atoms with Gasteiger partial charge in [0, 0.05) is 39.0 Å². The Labute approximate surface area is 219 Å². The van der Waals surface area contributed by atoms with E-state index in [9.17, 15) is 9.18 Å². The van der Waals surface area contributed by atoms with Gasteiger partial charge in [-0.3, -0.25) is 4.79 Å². The van der Waals surface area contributed by atoms with Gasteiger partial charge in [-0.15, -0.1) is 0 Å². The molecule has 37 heavy (non-hydrogen) atoms. The van der Waals surface area contributed by atoms with Crippen LogP contribution in [0.1, 0.15) is 70.3 Å². The average molecular weight is 507 g/mol. The molecule has 2 aliphatic rings. The maximum absolute atomic E-state index is 13.7. The molecule has 1 aliphatic carbocycles. The molecule has 5 rings (SSSR count). The Hall–Kier alpha value is -3.03. The third-order valence-corrected chi connectivity index (χ3v) is 7.73. The summed E-state index contributed by atoms with van der Waals surface area (Å²) >= 11 is 0. The maximum atomic E-state index is 13.7. The second-order valence-corrected chi connectivity index (χ2v) is 11.2. The van der Waals surface area contributed by atoms with Gasteiger partial charge in [0.05, 0.1) is 16.8 Å². The van der Waals surface area contributed by atoms with Gasteiger partial charge in [-0.2, -0.15) is 5.10 Å². The Morgan fingerprint density at radius 2 is 1.76 bits per heavy atom. The normalized spacial score (nSPS) is 17.5. The van der Waals surface area contributed by atoms with Gasteiger partial charge >= 0.3 is 0 Å². The number of halogens is 1. The van der Waals surface area contributed by atoms with Crippen LogP contribution >= 0.6 is 0 Å². The number of aryl methyl sites for hydroxylation is 1. The quantitative estimate of drug-likeness (QED) is 0.443. The van der Waals surface area contributed by atoms with E-state index in [1.165, 1.54) is 44.2 Å². The first-order chi connectivity index (χ1) is 17.9. The van der Waals surface area contributed by atoms with Crippen molar-refractivity contribution in [2.75, 3.05) is 31.1 Å². The summed E-state index contributed by atoms with van der Waals surface area (Å²) in [5.74, 6) is 2.70. The van der Waals surface area contributed by atoms with Crippen molar-refractivity contribution in [1.82, 2.24) is 24.6 Å². The molecule has 0 spiro atoms. The summed E-state index contributed by atoms with van der Waals surface area (Å²) in [4.78, 5) is 27.3. The lowest BCUT2D eigenvalue weighted by molar-refractivity contribution is -0.131. The smallest absolute Gasteiger partial charge is 0.222 e. The molecule has 2 aromatic heterocycles. The maximum Gasteiger partial charge on any atom is 0.222 e. The summed E-state index contributed by atoms with van der Waals surface area (Å²) in [6.45, 7) is 9.22. The minimum absolute atomic E-state index is 0.239. The summed E-state index contributed by atoms with van der Waals surface area (Å²) in [6.07, 6.45) is 8.68. The molecule has 1 saturated carbocycles. The van der Waals surface area contributed by atoms with Crippen LogP contribution in [0.4, 0.5) is 10.2 Å². The largest absolute Gasteiger partial charge is 0.354 e. The summed E-state index contributed by atoms with van der Waals surface area (Å²) in [6, 6.07) is 6.41. The van der Waals surface area contributed by atoms with E-state index in [1.54, 1.807) is 12.1 Å². The van der Waals surface area contributed by atoms with Crippen molar-refractivity contribution >= 4 is 22.8 Å². The Morgan fingerprint density at radius 1 is 1.00 bits per heavy atom. The minimum Gasteiger partial charge on any atom is -0.354 e. The second kappa shape index (κ2) is 11.2. The predicted octanol–water partition coefficient (Wildman–Crippen LogP) is 5.47. The van der Waals surface area contributed by atoms with Gasteiger partial charge in [-0.1, -0.05) is 46.0 Å². The van der Waals surface area contributed by atoms with Crippen LogP contribution in [0.2, 0.25) is 0 Å². The highest BCUT2D eigenvalue weighted by Gasteiger charge is 2.26. The van der Waals surface area contributed by atoms with E-state index in [-0.39, 0.29) is 11.7 Å². The monoisotopic (exact) mass is 506 g/mol. The molecule has 198 valence electrons. The fourth-order valence-electron chi connectivity index (χ4n) is 5.79. The number of carbonyl (C=O) groups excluding carboxylic acids is 1. The number of fused-ring (bicyclic) bond motifs is 1. The standard InChI is InChI=1S/C29H39FN6O/c1-20(2)18-26(37)34-14-7-15-35(17-16-34)28-27-21(3)33-36(24-12-10-23(30)11-13-24)29(27)32-25(31-28)19-22-8-5-4-6-9-22/h10-13,20,22H,4-9,14-19H2,1-3H3. The van der Waals surface area contributed by atoms with Crippen LogP contribution in [0.3, 0.4) is 0 Å². The Bertz CT molecular complexity index is 1230. The molecule has 1 amide bonds. The predicted molar refractivity (Wildman–Crippen MR) is 144 cm³/mol. The number of benzene rings is 1. The van der Waals surface area contributed by atoms with Crippen LogP contribution < -0.4 is 4.90 Å². The molecule has 1 aromatic carbocycles. The number of aromatic nitrogens is 4. The van der Waals surface area contributed by atoms with Crippen molar-refractivity contribution in [1.29, 1.82) is 0 Å². The van der Waals surface area contributed by atoms with Gasteiger partial charge in [-0.05, 0) is 49.4 Å². The van der Waals surface area contributed by atoms with Gasteiger partial charge in [0.2, 0.25) is 5.91 Å². The van der Waals surface area contributed by atoms with E-state index in [2.05, 4.69) is 18.7 Å². The number of hydrogen-bond donors (Lipinski definition) is 0. The molecular formula is C29H39FN6O. The lowest BCUT2D eigenvalue weighted by Crippen LogP contribution is -2.36. The Balaban J connectivity index is 1.52. The van der Waals surface area contributed by atoms with E-state index < -0.39 is 0 Å². The van der Waals surface area contributed by atoms with E-state index in [0.717, 1.165) is 66.5 Å². The molecule has 0 radical (unpaired) electrons. The highest BCUT2D eigenvalue weighted by Crippen LogP contribution is 2.32. The summed E-state index contributed by atoms with van der Waals surface area (Å²) in [5.41, 5.74) is 2.42. The molecule has 1 aliphatic heterocycles. The number of anilines is 1. The molecule has 0 atom stereocenters. The van der Waals surface area contributed by atoms with Crippen molar-refractivity contribution in [2.45, 2.75) is 72.1 Å². The number of carbonyl (C=O) groups is 1. The summed E-state index contributed by atoms with van der Waals surface area (Å²) < 4.78 is 15.5. The molecule has 0 N–H and O–H groups in total. The van der Waals surface area contributed by atoms with Gasteiger partial charge in [-0.25, -0.2) is 19.0 Å². The Morgan fingerprint density at radius 3 is 2.49 bits per heavy atom. The number of nitrogens with zero attached hydrogens (tertiary/aromatic N) is 6. The number of rotatable bonds is 6. The van der Waals surface area contributed by atoms with Crippen LogP contribution in [-0.4, -0.2) is 56.7 Å². The van der Waals surface area contributed by atoms with Crippen molar-refractivity contribution in [3.8, 4) is 5.69 Å². The molecule has 7 nitrogen and oxygen atoms in total. The fraction of sp³-hybridized carbons (Fsp3) is 0.586. The molecule has 1 saturated heterocycles. The molecular weight excluding hydrogens is 467 g/mol. The van der Waals surface area contributed by atoms with Crippen LogP contribution in [0.5, 0.6) is 0 Å². The van der Waals surface area contributed by atoms with Crippen LogP contribution in [0.15, 0.2) is 24.3 Å². The molecule has 3 heterocycles. The topological polar surface area (TPSA) is 67.2 Å². The zero-order valence-corrected chi connectivity index (χ0v) is 22.4. The summed E-state index contributed by atoms with van der Waals surface area (Å²) in [5, 5.41) is 5.78. The number of amides is 1. The van der Waals surface area contributed by atoms with Crippen LogP contribution in [0.25, 0.3) is 16.7 Å². The van der Waals surface area contributed by atoms with Crippen molar-refractivity contribution in [2.24, 2.45) is 11.8 Å². The molecule has 2 fully saturated rings. The SMILES string of the molecule is Cc1nn(-c2ccc(F)cc2)c2nc(CC3CCCCC3)nc(N3CCCN(C(=O)CC(C)C)CC3)c12. The zero-order chi connectivity index (χ0) is 25.9. The first kappa shape index (κ1) is 25.6. The van der Waals surface area contributed by atoms with Crippen molar-refractivity contribution < 1.29 is 9.18 Å². The van der Waals surface area contributed by atoms with Gasteiger partial charge in [0.15, 0.2) is 5.65 Å². The second-order valence-electron chi connectivity index (χ2n) is 11.2. The third kappa shape index (κ3) is 5.78.